The third-order valence-electron chi connectivity index (χ3n) is 11.8. The minimum atomic E-state index is -0.259. The van der Waals surface area contributed by atoms with Gasteiger partial charge in [0.05, 0.1) is 12.2 Å². The van der Waals surface area contributed by atoms with Gasteiger partial charge >= 0.3 is 0 Å². The van der Waals surface area contributed by atoms with Gasteiger partial charge in [-0.25, -0.2) is 0 Å². The van der Waals surface area contributed by atoms with Crippen LogP contribution in [0.2, 0.25) is 5.02 Å². The maximum absolute atomic E-state index is 12.6. The number of halogens is 1. The lowest BCUT2D eigenvalue weighted by Gasteiger charge is -2.62. The smallest absolute Gasteiger partial charge is 0.220 e. The number of aliphatic hydroxyl groups is 2. The van der Waals surface area contributed by atoms with E-state index < -0.39 is 0 Å². The van der Waals surface area contributed by atoms with Crippen LogP contribution >= 0.6 is 23.4 Å². The molecule has 4 aliphatic rings. The van der Waals surface area contributed by atoms with Crippen molar-refractivity contribution in [2.24, 2.45) is 46.3 Å². The van der Waals surface area contributed by atoms with E-state index in [2.05, 4.69) is 26.1 Å². The first-order valence-corrected chi connectivity index (χ1v) is 16.5. The SMILES string of the molecule is C[C@H](CCC(=O)NCCSc1ccc(Cl)cc1)[C@@H]1CC[C@@H]2[C@@H]3CC[C@H]4C[C@H](O)CC[C@]4(C)[C@@H]3C[C@H](O)[C@@]21C. The van der Waals surface area contributed by atoms with Crippen molar-refractivity contribution in [1.82, 2.24) is 5.32 Å². The number of fused-ring (bicyclic) bond motifs is 5. The second kappa shape index (κ2) is 11.6. The minimum Gasteiger partial charge on any atom is -0.393 e. The molecular weight excluding hydrogens is 514 g/mol. The van der Waals surface area contributed by atoms with Gasteiger partial charge in [0.25, 0.3) is 0 Å². The molecule has 0 aliphatic heterocycles. The molecule has 0 saturated heterocycles. The molecule has 0 bridgehead atoms. The van der Waals surface area contributed by atoms with Crippen LogP contribution in [0, 0.1) is 46.3 Å². The largest absolute Gasteiger partial charge is 0.393 e. The Balaban J connectivity index is 1.13. The summed E-state index contributed by atoms with van der Waals surface area (Å²) in [6.45, 7) is 7.86. The van der Waals surface area contributed by atoms with Gasteiger partial charge in [0.15, 0.2) is 0 Å². The van der Waals surface area contributed by atoms with E-state index in [4.69, 9.17) is 11.6 Å². The molecule has 3 N–H and O–H groups in total. The first-order chi connectivity index (χ1) is 18.1. The van der Waals surface area contributed by atoms with Gasteiger partial charge in [-0.2, -0.15) is 0 Å². The zero-order valence-electron chi connectivity index (χ0n) is 23.5. The van der Waals surface area contributed by atoms with Crippen molar-refractivity contribution in [2.45, 2.75) is 102 Å². The Morgan fingerprint density at radius 1 is 1.08 bits per heavy atom. The van der Waals surface area contributed by atoms with E-state index in [-0.39, 0.29) is 28.9 Å². The minimum absolute atomic E-state index is 0.0380. The molecule has 1 aromatic carbocycles. The number of amides is 1. The van der Waals surface area contributed by atoms with E-state index in [0.717, 1.165) is 47.8 Å². The van der Waals surface area contributed by atoms with Crippen molar-refractivity contribution in [3.05, 3.63) is 29.3 Å². The molecule has 5 rings (SSSR count). The Morgan fingerprint density at radius 2 is 1.84 bits per heavy atom. The number of hydrogen-bond donors (Lipinski definition) is 3. The molecule has 0 aromatic heterocycles. The normalized spacial score (nSPS) is 41.1. The number of rotatable bonds is 8. The summed E-state index contributed by atoms with van der Waals surface area (Å²) in [5.74, 6) is 4.40. The molecule has 10 atom stereocenters. The Hall–Kier alpha value is -0.750. The van der Waals surface area contributed by atoms with E-state index in [1.54, 1.807) is 11.8 Å². The summed E-state index contributed by atoms with van der Waals surface area (Å²) in [5, 5.41) is 25.9. The third kappa shape index (κ3) is 5.43. The lowest BCUT2D eigenvalue weighted by Crippen LogP contribution is -2.58. The molecule has 4 fully saturated rings. The summed E-state index contributed by atoms with van der Waals surface area (Å²) in [5.41, 5.74) is 0.238. The van der Waals surface area contributed by atoms with Crippen LogP contribution in [-0.4, -0.2) is 40.6 Å². The van der Waals surface area contributed by atoms with Crippen LogP contribution in [0.4, 0.5) is 0 Å². The number of hydrogen-bond acceptors (Lipinski definition) is 4. The average molecular weight is 562 g/mol. The Labute approximate surface area is 239 Å². The lowest BCUT2D eigenvalue weighted by molar-refractivity contribution is -0.174. The summed E-state index contributed by atoms with van der Waals surface area (Å²) in [7, 11) is 0. The Morgan fingerprint density at radius 3 is 2.61 bits per heavy atom. The monoisotopic (exact) mass is 561 g/mol. The van der Waals surface area contributed by atoms with Gasteiger partial charge in [-0.15, -0.1) is 11.8 Å². The van der Waals surface area contributed by atoms with Crippen molar-refractivity contribution in [1.29, 1.82) is 0 Å². The van der Waals surface area contributed by atoms with Gasteiger partial charge in [-0.05, 0) is 128 Å². The number of benzene rings is 1. The number of carbonyl (C=O) groups excluding carboxylic acids is 1. The van der Waals surface area contributed by atoms with Crippen LogP contribution in [0.25, 0.3) is 0 Å². The molecule has 0 radical (unpaired) electrons. The van der Waals surface area contributed by atoms with Gasteiger partial charge in [-0.1, -0.05) is 32.4 Å². The quantitative estimate of drug-likeness (QED) is 0.237. The summed E-state index contributed by atoms with van der Waals surface area (Å²) in [6.07, 6.45) is 9.91. The van der Waals surface area contributed by atoms with Gasteiger partial charge in [0, 0.05) is 28.6 Å². The van der Waals surface area contributed by atoms with Crippen molar-refractivity contribution < 1.29 is 15.0 Å². The van der Waals surface area contributed by atoms with Crippen molar-refractivity contribution in [2.75, 3.05) is 12.3 Å². The number of aliphatic hydroxyl groups excluding tert-OH is 2. The fraction of sp³-hybridized carbons (Fsp3) is 0.781. The average Bonchev–Trinajstić information content (AvgIpc) is 3.26. The van der Waals surface area contributed by atoms with E-state index in [1.165, 1.54) is 25.7 Å². The standard InChI is InChI=1S/C32H48ClNO3S/c1-20(4-13-30(37)34-16-17-38-24-8-6-22(33)7-9-24)26-11-12-27-25-10-5-21-18-23(35)14-15-31(21,2)28(25)19-29(36)32(26,27)3/h6-9,20-21,23,25-29,35-36H,4-5,10-19H2,1-3H3,(H,34,37)/t20-,21+,23-,25+,26+,27-,28-,29+,31+,32-/m1/s1. The predicted molar refractivity (Wildman–Crippen MR) is 156 cm³/mol. The Kier molecular flexibility index (Phi) is 8.80. The molecule has 38 heavy (non-hydrogen) atoms. The number of carbonyl (C=O) groups is 1. The first kappa shape index (κ1) is 28.8. The van der Waals surface area contributed by atoms with Crippen molar-refractivity contribution in [3.63, 3.8) is 0 Å². The summed E-state index contributed by atoms with van der Waals surface area (Å²) < 4.78 is 0. The topological polar surface area (TPSA) is 69.6 Å². The van der Waals surface area contributed by atoms with Crippen LogP contribution in [-0.2, 0) is 4.79 Å². The van der Waals surface area contributed by atoms with Crippen LogP contribution in [0.1, 0.15) is 85.0 Å². The highest BCUT2D eigenvalue weighted by molar-refractivity contribution is 7.99. The molecule has 212 valence electrons. The van der Waals surface area contributed by atoms with Crippen molar-refractivity contribution >= 4 is 29.3 Å². The van der Waals surface area contributed by atoms with Gasteiger partial charge < -0.3 is 15.5 Å². The second-order valence-electron chi connectivity index (χ2n) is 13.6. The Bertz CT molecular complexity index is 974. The molecule has 0 unspecified atom stereocenters. The lowest BCUT2D eigenvalue weighted by atomic mass is 9.43. The molecule has 1 amide bonds. The zero-order chi connectivity index (χ0) is 27.1. The van der Waals surface area contributed by atoms with Crippen LogP contribution in [0.3, 0.4) is 0 Å². The van der Waals surface area contributed by atoms with E-state index >= 15 is 0 Å². The molecule has 4 saturated carbocycles. The number of nitrogens with one attached hydrogen (secondary N) is 1. The van der Waals surface area contributed by atoms with Gasteiger partial charge in [-0.3, -0.25) is 4.79 Å². The maximum atomic E-state index is 12.6. The van der Waals surface area contributed by atoms with E-state index in [1.807, 2.05) is 24.3 Å². The van der Waals surface area contributed by atoms with Crippen LogP contribution < -0.4 is 5.32 Å². The summed E-state index contributed by atoms with van der Waals surface area (Å²) in [6, 6.07) is 7.82. The van der Waals surface area contributed by atoms with Gasteiger partial charge in [0.1, 0.15) is 0 Å². The highest BCUT2D eigenvalue weighted by Gasteiger charge is 2.63. The van der Waals surface area contributed by atoms with Crippen molar-refractivity contribution in [3.8, 4) is 0 Å². The summed E-state index contributed by atoms with van der Waals surface area (Å²) in [4.78, 5) is 13.8. The summed E-state index contributed by atoms with van der Waals surface area (Å²) >= 11 is 7.68. The maximum Gasteiger partial charge on any atom is 0.220 e. The van der Waals surface area contributed by atoms with E-state index in [9.17, 15) is 15.0 Å². The fourth-order valence-electron chi connectivity index (χ4n) is 9.70. The number of thioether (sulfide) groups is 1. The molecule has 6 heteroatoms. The fourth-order valence-corrected chi connectivity index (χ4v) is 10.6. The van der Waals surface area contributed by atoms with Gasteiger partial charge in [0.2, 0.25) is 5.91 Å². The zero-order valence-corrected chi connectivity index (χ0v) is 25.1. The third-order valence-corrected chi connectivity index (χ3v) is 13.1. The second-order valence-corrected chi connectivity index (χ2v) is 15.2. The van der Waals surface area contributed by atoms with Crippen LogP contribution in [0.5, 0.6) is 0 Å². The predicted octanol–water partition coefficient (Wildman–Crippen LogP) is 6.96. The highest BCUT2D eigenvalue weighted by atomic mass is 35.5. The van der Waals surface area contributed by atoms with E-state index in [0.29, 0.717) is 48.5 Å². The van der Waals surface area contributed by atoms with Crippen LogP contribution in [0.15, 0.2) is 29.2 Å². The molecular formula is C32H48ClNO3S. The molecule has 4 aliphatic carbocycles. The molecule has 0 spiro atoms. The molecule has 0 heterocycles. The highest BCUT2D eigenvalue weighted by Crippen LogP contribution is 2.68. The molecule has 1 aromatic rings. The first-order valence-electron chi connectivity index (χ1n) is 15.1. The molecule has 4 nitrogen and oxygen atoms in total.